The Morgan fingerprint density at radius 2 is 2.26 bits per heavy atom. The van der Waals surface area contributed by atoms with Crippen molar-refractivity contribution >= 4 is 12.0 Å². The molecular weight excluding hydrogens is 248 g/mol. The van der Waals surface area contributed by atoms with Crippen molar-refractivity contribution in [1.82, 2.24) is 20.2 Å². The SMILES string of the molecule is C=CCC(NC(=O)NC(C)Cn1ccnc1)C(=O)O. The minimum absolute atomic E-state index is 0.146. The van der Waals surface area contributed by atoms with Crippen LogP contribution >= 0.6 is 0 Å². The maximum atomic E-state index is 11.6. The van der Waals surface area contributed by atoms with Gasteiger partial charge in [-0.05, 0) is 13.3 Å². The first-order chi connectivity index (χ1) is 9.02. The number of imidazole rings is 1. The topological polar surface area (TPSA) is 96.3 Å². The number of carboxylic acids is 1. The van der Waals surface area contributed by atoms with E-state index in [0.29, 0.717) is 6.54 Å². The molecule has 1 rings (SSSR count). The minimum Gasteiger partial charge on any atom is -0.480 e. The summed E-state index contributed by atoms with van der Waals surface area (Å²) in [7, 11) is 0. The second-order valence-electron chi connectivity index (χ2n) is 4.19. The first-order valence-corrected chi connectivity index (χ1v) is 5.89. The van der Waals surface area contributed by atoms with Crippen molar-refractivity contribution in [2.24, 2.45) is 0 Å². The van der Waals surface area contributed by atoms with Gasteiger partial charge in [0, 0.05) is 25.0 Å². The fraction of sp³-hybridized carbons (Fsp3) is 0.417. The highest BCUT2D eigenvalue weighted by atomic mass is 16.4. The largest absolute Gasteiger partial charge is 0.480 e. The third kappa shape index (κ3) is 5.24. The smallest absolute Gasteiger partial charge is 0.326 e. The molecule has 0 bridgehead atoms. The predicted octanol–water partition coefficient (Wildman–Crippen LogP) is 0.600. The molecule has 0 aromatic carbocycles. The van der Waals surface area contributed by atoms with E-state index in [2.05, 4.69) is 22.2 Å². The summed E-state index contributed by atoms with van der Waals surface area (Å²) in [6.45, 7) is 5.84. The van der Waals surface area contributed by atoms with Gasteiger partial charge in [-0.2, -0.15) is 0 Å². The number of nitrogens with zero attached hydrogens (tertiary/aromatic N) is 2. The molecule has 0 saturated heterocycles. The number of carbonyl (C=O) groups excluding carboxylic acids is 1. The van der Waals surface area contributed by atoms with Crippen LogP contribution in [0.4, 0.5) is 4.79 Å². The van der Waals surface area contributed by atoms with Crippen LogP contribution in [0.15, 0.2) is 31.4 Å². The van der Waals surface area contributed by atoms with Crippen LogP contribution in [-0.2, 0) is 11.3 Å². The zero-order valence-electron chi connectivity index (χ0n) is 10.7. The molecule has 7 heteroatoms. The fourth-order valence-corrected chi connectivity index (χ4v) is 1.57. The Balaban J connectivity index is 2.40. The molecule has 0 aliphatic carbocycles. The number of hydrogen-bond acceptors (Lipinski definition) is 3. The Morgan fingerprint density at radius 1 is 1.53 bits per heavy atom. The van der Waals surface area contributed by atoms with E-state index >= 15 is 0 Å². The van der Waals surface area contributed by atoms with Crippen molar-refractivity contribution < 1.29 is 14.7 Å². The van der Waals surface area contributed by atoms with Gasteiger partial charge in [-0.3, -0.25) is 0 Å². The number of aromatic nitrogens is 2. The first-order valence-electron chi connectivity index (χ1n) is 5.89. The molecule has 0 saturated carbocycles. The summed E-state index contributed by atoms with van der Waals surface area (Å²) in [6.07, 6.45) is 6.71. The molecule has 0 aliphatic rings. The Labute approximate surface area is 111 Å². The van der Waals surface area contributed by atoms with Gasteiger partial charge in [-0.1, -0.05) is 6.08 Å². The van der Waals surface area contributed by atoms with Gasteiger partial charge in [0.2, 0.25) is 0 Å². The number of aliphatic carboxylic acids is 1. The lowest BCUT2D eigenvalue weighted by atomic mass is 10.2. The molecule has 1 aromatic rings. The summed E-state index contributed by atoms with van der Waals surface area (Å²) < 4.78 is 1.82. The summed E-state index contributed by atoms with van der Waals surface area (Å²) in [6, 6.07) is -1.62. The molecule has 0 aliphatic heterocycles. The van der Waals surface area contributed by atoms with E-state index in [4.69, 9.17) is 5.11 Å². The van der Waals surface area contributed by atoms with Crippen molar-refractivity contribution in [2.45, 2.75) is 32.0 Å². The normalized spacial score (nSPS) is 13.3. The molecule has 104 valence electrons. The van der Waals surface area contributed by atoms with Gasteiger partial charge in [0.05, 0.1) is 6.33 Å². The maximum absolute atomic E-state index is 11.6. The van der Waals surface area contributed by atoms with Crippen molar-refractivity contribution in [3.05, 3.63) is 31.4 Å². The molecule has 0 fully saturated rings. The molecule has 0 spiro atoms. The Kier molecular flexibility index (Phi) is 5.59. The number of urea groups is 1. The monoisotopic (exact) mass is 266 g/mol. The van der Waals surface area contributed by atoms with Gasteiger partial charge in [-0.15, -0.1) is 6.58 Å². The van der Waals surface area contributed by atoms with E-state index in [9.17, 15) is 9.59 Å². The lowest BCUT2D eigenvalue weighted by Gasteiger charge is -2.17. The highest BCUT2D eigenvalue weighted by molar-refractivity contribution is 5.82. The number of carbonyl (C=O) groups is 2. The highest BCUT2D eigenvalue weighted by Crippen LogP contribution is 1.95. The highest BCUT2D eigenvalue weighted by Gasteiger charge is 2.18. The van der Waals surface area contributed by atoms with Crippen LogP contribution in [0, 0.1) is 0 Å². The van der Waals surface area contributed by atoms with E-state index in [1.54, 1.807) is 18.7 Å². The lowest BCUT2D eigenvalue weighted by molar-refractivity contribution is -0.139. The predicted molar refractivity (Wildman–Crippen MR) is 69.6 cm³/mol. The van der Waals surface area contributed by atoms with Crippen molar-refractivity contribution in [3.63, 3.8) is 0 Å². The van der Waals surface area contributed by atoms with Gasteiger partial charge in [0.25, 0.3) is 0 Å². The van der Waals surface area contributed by atoms with Gasteiger partial charge in [-0.25, -0.2) is 14.6 Å². The number of rotatable bonds is 7. The zero-order chi connectivity index (χ0) is 14.3. The molecule has 2 atom stereocenters. The average molecular weight is 266 g/mol. The summed E-state index contributed by atoms with van der Waals surface area (Å²) in [5.74, 6) is -1.09. The number of nitrogens with one attached hydrogen (secondary N) is 2. The molecule has 2 unspecified atom stereocenters. The first kappa shape index (κ1) is 14.7. The quantitative estimate of drug-likeness (QED) is 0.630. The van der Waals surface area contributed by atoms with Crippen molar-refractivity contribution in [3.8, 4) is 0 Å². The molecule has 3 N–H and O–H groups in total. The molecule has 1 aromatic heterocycles. The molecule has 19 heavy (non-hydrogen) atoms. The average Bonchev–Trinajstić information content (AvgIpc) is 2.80. The van der Waals surface area contributed by atoms with E-state index in [-0.39, 0.29) is 12.5 Å². The fourth-order valence-electron chi connectivity index (χ4n) is 1.57. The number of amides is 2. The molecule has 0 radical (unpaired) electrons. The molecule has 2 amide bonds. The lowest BCUT2D eigenvalue weighted by Crippen LogP contribution is -2.49. The number of carboxylic acid groups (broad SMARTS) is 1. The van der Waals surface area contributed by atoms with Crippen LogP contribution in [0.1, 0.15) is 13.3 Å². The van der Waals surface area contributed by atoms with Gasteiger partial charge in [0.1, 0.15) is 6.04 Å². The zero-order valence-corrected chi connectivity index (χ0v) is 10.7. The van der Waals surface area contributed by atoms with Crippen LogP contribution in [0.2, 0.25) is 0 Å². The van der Waals surface area contributed by atoms with Crippen LogP contribution in [0.3, 0.4) is 0 Å². The van der Waals surface area contributed by atoms with Crippen molar-refractivity contribution in [2.75, 3.05) is 0 Å². The van der Waals surface area contributed by atoms with Crippen molar-refractivity contribution in [1.29, 1.82) is 0 Å². The van der Waals surface area contributed by atoms with Gasteiger partial charge < -0.3 is 20.3 Å². The summed E-state index contributed by atoms with van der Waals surface area (Å²) in [5, 5.41) is 13.9. The molecule has 1 heterocycles. The summed E-state index contributed by atoms with van der Waals surface area (Å²) in [5.41, 5.74) is 0. The molecular formula is C12H18N4O3. The van der Waals surface area contributed by atoms with Crippen LogP contribution in [0.25, 0.3) is 0 Å². The second-order valence-corrected chi connectivity index (χ2v) is 4.19. The third-order valence-corrected chi connectivity index (χ3v) is 2.43. The number of hydrogen-bond donors (Lipinski definition) is 3. The standard InChI is InChI=1S/C12H18N4O3/c1-3-4-10(11(17)18)15-12(19)14-9(2)7-16-6-5-13-8-16/h3,5-6,8-10H,1,4,7H2,2H3,(H,17,18)(H2,14,15,19). The van der Waals surface area contributed by atoms with Gasteiger partial charge in [0.15, 0.2) is 0 Å². The van der Waals surface area contributed by atoms with Crippen LogP contribution in [0.5, 0.6) is 0 Å². The third-order valence-electron chi connectivity index (χ3n) is 2.43. The van der Waals surface area contributed by atoms with Gasteiger partial charge >= 0.3 is 12.0 Å². The van der Waals surface area contributed by atoms with Crippen LogP contribution in [-0.4, -0.2) is 38.7 Å². The van der Waals surface area contributed by atoms with Crippen LogP contribution < -0.4 is 10.6 Å². The van der Waals surface area contributed by atoms with E-state index < -0.39 is 18.0 Å². The Hall–Kier alpha value is -2.31. The van der Waals surface area contributed by atoms with E-state index in [0.717, 1.165) is 0 Å². The summed E-state index contributed by atoms with van der Waals surface area (Å²) >= 11 is 0. The Bertz CT molecular complexity index is 430. The van der Waals surface area contributed by atoms with E-state index in [1.807, 2.05) is 11.5 Å². The van der Waals surface area contributed by atoms with E-state index in [1.165, 1.54) is 6.08 Å². The molecule has 7 nitrogen and oxygen atoms in total. The minimum atomic E-state index is -1.09. The second kappa shape index (κ2) is 7.20. The Morgan fingerprint density at radius 3 is 2.79 bits per heavy atom. The maximum Gasteiger partial charge on any atom is 0.326 e. The summed E-state index contributed by atoms with van der Waals surface area (Å²) in [4.78, 5) is 26.4.